The summed E-state index contributed by atoms with van der Waals surface area (Å²) in [6.45, 7) is 1.84. The van der Waals surface area contributed by atoms with Crippen molar-refractivity contribution in [1.82, 2.24) is 14.8 Å². The maximum absolute atomic E-state index is 13.3. The molecule has 2 aliphatic rings. The molecule has 1 atom stereocenters. The van der Waals surface area contributed by atoms with Crippen LogP contribution in [0.4, 0.5) is 5.69 Å². The van der Waals surface area contributed by atoms with Crippen molar-refractivity contribution in [1.29, 1.82) is 0 Å². The number of amides is 1. The third kappa shape index (κ3) is 3.78. The number of sulfone groups is 1. The van der Waals surface area contributed by atoms with Gasteiger partial charge in [0, 0.05) is 17.3 Å². The smallest absolute Gasteiger partial charge is 0.256 e. The number of aromatic nitrogens is 3. The van der Waals surface area contributed by atoms with E-state index in [4.69, 9.17) is 9.72 Å². The van der Waals surface area contributed by atoms with Gasteiger partial charge < -0.3 is 10.1 Å². The third-order valence-corrected chi connectivity index (χ3v) is 7.75. The number of fused-ring (bicyclic) bond motifs is 1. The first kappa shape index (κ1) is 20.0. The molecule has 3 heterocycles. The van der Waals surface area contributed by atoms with E-state index in [0.29, 0.717) is 46.1 Å². The Balaban J connectivity index is 1.57. The molecule has 162 valence electrons. The van der Waals surface area contributed by atoms with E-state index in [0.717, 1.165) is 18.5 Å². The van der Waals surface area contributed by atoms with Crippen molar-refractivity contribution in [3.63, 3.8) is 0 Å². The van der Waals surface area contributed by atoms with Crippen LogP contribution in [0.3, 0.4) is 0 Å². The lowest BCUT2D eigenvalue weighted by atomic mass is 10.1. The molecule has 1 N–H and O–H groups in total. The first-order chi connectivity index (χ1) is 14.8. The molecule has 31 heavy (non-hydrogen) atoms. The molecule has 1 aliphatic carbocycles. The molecule has 8 nitrogen and oxygen atoms in total. The highest BCUT2D eigenvalue weighted by Gasteiger charge is 2.34. The number of anilines is 1. The van der Waals surface area contributed by atoms with Gasteiger partial charge in [0.25, 0.3) is 5.91 Å². The summed E-state index contributed by atoms with van der Waals surface area (Å²) in [6.07, 6.45) is 2.60. The quantitative estimate of drug-likeness (QED) is 0.653. The number of rotatable bonds is 5. The van der Waals surface area contributed by atoms with Gasteiger partial charge in [0.15, 0.2) is 15.5 Å². The second-order valence-corrected chi connectivity index (χ2v) is 10.6. The molecule has 1 aliphatic heterocycles. The normalized spacial score (nSPS) is 20.1. The van der Waals surface area contributed by atoms with Gasteiger partial charge in [0.05, 0.1) is 41.3 Å². The summed E-state index contributed by atoms with van der Waals surface area (Å²) in [7, 11) is -1.47. The number of carbonyl (C=O) groups is 1. The number of methoxy groups -OCH3 is 1. The molecule has 0 unspecified atom stereocenters. The minimum atomic E-state index is -3.07. The number of hydrogen-bond acceptors (Lipinski definition) is 6. The number of nitrogens with one attached hydrogen (secondary N) is 1. The highest BCUT2D eigenvalue weighted by atomic mass is 32.2. The lowest BCUT2D eigenvalue weighted by Gasteiger charge is -2.12. The zero-order valence-electron chi connectivity index (χ0n) is 17.5. The van der Waals surface area contributed by atoms with Gasteiger partial charge in [-0.05, 0) is 56.5 Å². The highest BCUT2D eigenvalue weighted by Crippen LogP contribution is 2.41. The molecule has 0 bridgehead atoms. The van der Waals surface area contributed by atoms with Crippen LogP contribution < -0.4 is 10.1 Å². The van der Waals surface area contributed by atoms with Crippen LogP contribution >= 0.6 is 0 Å². The Kier molecular flexibility index (Phi) is 4.73. The van der Waals surface area contributed by atoms with Crippen molar-refractivity contribution < 1.29 is 17.9 Å². The first-order valence-corrected chi connectivity index (χ1v) is 12.2. The molecule has 9 heteroatoms. The number of pyridine rings is 1. The molecular weight excluding hydrogens is 416 g/mol. The Morgan fingerprint density at radius 1 is 1.19 bits per heavy atom. The molecule has 2 aromatic heterocycles. The van der Waals surface area contributed by atoms with Gasteiger partial charge >= 0.3 is 0 Å². The molecule has 1 saturated heterocycles. The predicted octanol–water partition coefficient (Wildman–Crippen LogP) is 3.24. The minimum Gasteiger partial charge on any atom is -0.497 e. The summed E-state index contributed by atoms with van der Waals surface area (Å²) in [5, 5.41) is 8.26. The summed E-state index contributed by atoms with van der Waals surface area (Å²) in [5.41, 5.74) is 3.33. The van der Waals surface area contributed by atoms with E-state index >= 15 is 0 Å². The Hall–Kier alpha value is -2.94. The number of benzene rings is 1. The molecule has 3 aromatic rings. The zero-order chi connectivity index (χ0) is 21.8. The standard InChI is InChI=1S/C22H24N4O4S/c1-13-20-18(22(27)23-15-5-7-17(30-2)8-6-15)11-19(14-3-4-14)24-21(20)26(25-13)16-9-10-31(28,29)12-16/h5-8,11,14,16H,3-4,9-10,12H2,1-2H3,(H,23,27)/t16-/m1/s1. The van der Waals surface area contributed by atoms with Crippen molar-refractivity contribution >= 4 is 32.5 Å². The summed E-state index contributed by atoms with van der Waals surface area (Å²) in [5.74, 6) is 1.04. The summed E-state index contributed by atoms with van der Waals surface area (Å²) >= 11 is 0. The maximum Gasteiger partial charge on any atom is 0.256 e. The van der Waals surface area contributed by atoms with Gasteiger partial charge in [-0.1, -0.05) is 0 Å². The molecule has 0 spiro atoms. The van der Waals surface area contributed by atoms with Gasteiger partial charge in [-0.15, -0.1) is 0 Å². The monoisotopic (exact) mass is 440 g/mol. The zero-order valence-corrected chi connectivity index (χ0v) is 18.3. The van der Waals surface area contributed by atoms with Gasteiger partial charge in [-0.3, -0.25) is 4.79 Å². The van der Waals surface area contributed by atoms with E-state index in [1.807, 2.05) is 13.0 Å². The van der Waals surface area contributed by atoms with Crippen LogP contribution in [0.1, 0.15) is 53.0 Å². The average molecular weight is 441 g/mol. The van der Waals surface area contributed by atoms with Crippen molar-refractivity contribution in [2.45, 2.75) is 38.1 Å². The number of ether oxygens (including phenoxy) is 1. The third-order valence-electron chi connectivity index (χ3n) is 6.00. The Morgan fingerprint density at radius 3 is 2.55 bits per heavy atom. The van der Waals surface area contributed by atoms with E-state index in [1.165, 1.54) is 0 Å². The van der Waals surface area contributed by atoms with Crippen molar-refractivity contribution in [3.05, 3.63) is 47.3 Å². The molecule has 2 fully saturated rings. The van der Waals surface area contributed by atoms with E-state index in [2.05, 4.69) is 10.4 Å². The fourth-order valence-corrected chi connectivity index (χ4v) is 5.89. The van der Waals surface area contributed by atoms with Gasteiger partial charge in [-0.25, -0.2) is 18.1 Å². The van der Waals surface area contributed by atoms with E-state index < -0.39 is 9.84 Å². The number of carbonyl (C=O) groups excluding carboxylic acids is 1. The van der Waals surface area contributed by atoms with Crippen LogP contribution in [0.25, 0.3) is 11.0 Å². The van der Waals surface area contributed by atoms with Crippen LogP contribution in [0.2, 0.25) is 0 Å². The van der Waals surface area contributed by atoms with Crippen LogP contribution in [-0.4, -0.2) is 47.7 Å². The average Bonchev–Trinajstić information content (AvgIpc) is 3.47. The van der Waals surface area contributed by atoms with E-state index in [9.17, 15) is 13.2 Å². The van der Waals surface area contributed by atoms with Gasteiger partial charge in [0.1, 0.15) is 5.75 Å². The van der Waals surface area contributed by atoms with Crippen LogP contribution in [-0.2, 0) is 9.84 Å². The molecule has 5 rings (SSSR count). The van der Waals surface area contributed by atoms with Crippen molar-refractivity contribution in [2.75, 3.05) is 23.9 Å². The Bertz CT molecular complexity index is 1280. The number of hydrogen-bond donors (Lipinski definition) is 1. The number of nitrogens with zero attached hydrogens (tertiary/aromatic N) is 3. The molecule has 1 amide bonds. The van der Waals surface area contributed by atoms with Crippen molar-refractivity contribution in [3.8, 4) is 5.75 Å². The first-order valence-electron chi connectivity index (χ1n) is 10.4. The second-order valence-electron chi connectivity index (χ2n) is 8.34. The Morgan fingerprint density at radius 2 is 1.94 bits per heavy atom. The van der Waals surface area contributed by atoms with Crippen LogP contribution in [0, 0.1) is 6.92 Å². The largest absolute Gasteiger partial charge is 0.497 e. The minimum absolute atomic E-state index is 0.0614. The fraction of sp³-hybridized carbons (Fsp3) is 0.409. The van der Waals surface area contributed by atoms with Gasteiger partial charge in [0.2, 0.25) is 0 Å². The Labute approximate surface area is 180 Å². The molecule has 1 saturated carbocycles. The fourth-order valence-electron chi connectivity index (χ4n) is 4.20. The summed E-state index contributed by atoms with van der Waals surface area (Å²) in [4.78, 5) is 18.1. The summed E-state index contributed by atoms with van der Waals surface area (Å²) in [6, 6.07) is 8.77. The lowest BCUT2D eigenvalue weighted by Crippen LogP contribution is -2.15. The van der Waals surface area contributed by atoms with Crippen molar-refractivity contribution in [2.24, 2.45) is 0 Å². The summed E-state index contributed by atoms with van der Waals surface area (Å²) < 4.78 is 31.0. The lowest BCUT2D eigenvalue weighted by molar-refractivity contribution is 0.102. The van der Waals surface area contributed by atoms with Gasteiger partial charge in [-0.2, -0.15) is 5.10 Å². The van der Waals surface area contributed by atoms with Crippen LogP contribution in [0.5, 0.6) is 5.75 Å². The predicted molar refractivity (Wildman–Crippen MR) is 117 cm³/mol. The molecular formula is C22H24N4O4S. The number of aryl methyl sites for hydroxylation is 1. The topological polar surface area (TPSA) is 103 Å². The molecule has 1 aromatic carbocycles. The van der Waals surface area contributed by atoms with Crippen LogP contribution in [0.15, 0.2) is 30.3 Å². The second kappa shape index (κ2) is 7.33. The maximum atomic E-state index is 13.3. The highest BCUT2D eigenvalue weighted by molar-refractivity contribution is 7.91. The molecule has 0 radical (unpaired) electrons. The SMILES string of the molecule is COc1ccc(NC(=O)c2cc(C3CC3)nc3c2c(C)nn3[C@@H]2CCS(=O)(=O)C2)cc1. The van der Waals surface area contributed by atoms with E-state index in [-0.39, 0.29) is 23.5 Å². The van der Waals surface area contributed by atoms with E-state index in [1.54, 1.807) is 36.1 Å².